The van der Waals surface area contributed by atoms with E-state index in [2.05, 4.69) is 26.6 Å². The Morgan fingerprint density at radius 2 is 2.09 bits per heavy atom. The summed E-state index contributed by atoms with van der Waals surface area (Å²) in [6, 6.07) is 1.62. The highest BCUT2D eigenvalue weighted by Crippen LogP contribution is 2.30. The van der Waals surface area contributed by atoms with E-state index in [9.17, 15) is 19.1 Å². The Morgan fingerprint density at radius 3 is 2.64 bits per heavy atom. The summed E-state index contributed by atoms with van der Waals surface area (Å²) in [6.07, 6.45) is 0. The van der Waals surface area contributed by atoms with Gasteiger partial charge in [-0.2, -0.15) is 0 Å². The van der Waals surface area contributed by atoms with Gasteiger partial charge in [0.15, 0.2) is 5.60 Å². The average Bonchev–Trinajstić information content (AvgIpc) is 2.42. The summed E-state index contributed by atoms with van der Waals surface area (Å²) in [4.78, 5) is 22.4. The Morgan fingerprint density at radius 1 is 1.45 bits per heavy atom. The molecule has 122 valence electrons. The number of aliphatic carboxylic acids is 1. The number of amides is 2. The van der Waals surface area contributed by atoms with E-state index >= 15 is 0 Å². The molecule has 0 spiro atoms. The highest BCUT2D eigenvalue weighted by Gasteiger charge is 2.30. The van der Waals surface area contributed by atoms with E-state index in [1.807, 2.05) is 0 Å². The van der Waals surface area contributed by atoms with Crippen molar-refractivity contribution in [2.45, 2.75) is 19.4 Å². The van der Waals surface area contributed by atoms with Crippen LogP contribution in [0.5, 0.6) is 5.75 Å². The number of ether oxygens (including phenoxy) is 1. The summed E-state index contributed by atoms with van der Waals surface area (Å²) < 4.78 is 19.0. The molecule has 1 aromatic carbocycles. The molecule has 1 unspecified atom stereocenters. The normalized spacial score (nSPS) is 13.1. The van der Waals surface area contributed by atoms with Crippen molar-refractivity contribution in [3.63, 3.8) is 0 Å². The fraction of sp³-hybridized carbons (Fsp3) is 0.385. The van der Waals surface area contributed by atoms with E-state index < -0.39 is 30.0 Å². The van der Waals surface area contributed by atoms with E-state index in [1.165, 1.54) is 6.07 Å². The van der Waals surface area contributed by atoms with Crippen LogP contribution in [0, 0.1) is 5.82 Å². The maximum Gasteiger partial charge on any atom is 0.337 e. The molecule has 0 saturated heterocycles. The predicted octanol–water partition coefficient (Wildman–Crippen LogP) is 1.94. The molecule has 2 amide bonds. The standard InChI is InChI=1S/C13H16BrFN2O5/c1-3-22-10-4-7(14)8(15)5-9(10)17-12(20)16-6-13(2,21)11(18)19/h4-5,21H,3,6H2,1-2H3,(H,18,19)(H2,16,17,20). The topological polar surface area (TPSA) is 108 Å². The largest absolute Gasteiger partial charge is 0.492 e. The Balaban J connectivity index is 2.79. The molecule has 0 saturated carbocycles. The molecule has 22 heavy (non-hydrogen) atoms. The molecule has 0 aromatic heterocycles. The van der Waals surface area contributed by atoms with Crippen molar-refractivity contribution >= 4 is 33.6 Å². The summed E-state index contributed by atoms with van der Waals surface area (Å²) in [7, 11) is 0. The van der Waals surface area contributed by atoms with E-state index in [4.69, 9.17) is 9.84 Å². The molecule has 7 nitrogen and oxygen atoms in total. The number of anilines is 1. The number of carboxylic acids is 1. The van der Waals surface area contributed by atoms with Crippen molar-refractivity contribution in [1.29, 1.82) is 0 Å². The number of carboxylic acid groups (broad SMARTS) is 1. The summed E-state index contributed by atoms with van der Waals surface area (Å²) >= 11 is 3.01. The summed E-state index contributed by atoms with van der Waals surface area (Å²) in [5, 5.41) is 22.7. The SMILES string of the molecule is CCOc1cc(Br)c(F)cc1NC(=O)NCC(C)(O)C(=O)O. The van der Waals surface area contributed by atoms with Crippen LogP contribution in [0.25, 0.3) is 0 Å². The zero-order valence-electron chi connectivity index (χ0n) is 11.9. The van der Waals surface area contributed by atoms with Gasteiger partial charge in [-0.1, -0.05) is 0 Å². The minimum Gasteiger partial charge on any atom is -0.492 e. The molecule has 0 aliphatic carbocycles. The molecule has 0 aliphatic heterocycles. The van der Waals surface area contributed by atoms with Crippen molar-refractivity contribution in [2.75, 3.05) is 18.5 Å². The van der Waals surface area contributed by atoms with Crippen molar-refractivity contribution < 1.29 is 28.9 Å². The lowest BCUT2D eigenvalue weighted by Gasteiger charge is -2.19. The third-order valence-corrected chi connectivity index (χ3v) is 3.23. The molecule has 1 atom stereocenters. The maximum absolute atomic E-state index is 13.5. The molecule has 0 heterocycles. The second-order valence-corrected chi connectivity index (χ2v) is 5.44. The molecule has 1 aromatic rings. The van der Waals surface area contributed by atoms with Crippen LogP contribution in [0.3, 0.4) is 0 Å². The van der Waals surface area contributed by atoms with Crippen molar-refractivity contribution in [2.24, 2.45) is 0 Å². The van der Waals surface area contributed by atoms with E-state index in [1.54, 1.807) is 6.92 Å². The predicted molar refractivity (Wildman–Crippen MR) is 80.6 cm³/mol. The number of halogens is 2. The molecule has 1 rings (SSSR count). The number of benzene rings is 1. The van der Waals surface area contributed by atoms with E-state index in [0.717, 1.165) is 13.0 Å². The minimum absolute atomic E-state index is 0.0787. The van der Waals surface area contributed by atoms with Gasteiger partial charge in [0.1, 0.15) is 11.6 Å². The minimum atomic E-state index is -2.11. The fourth-order valence-corrected chi connectivity index (χ4v) is 1.72. The molecule has 0 fully saturated rings. The van der Waals surface area contributed by atoms with Gasteiger partial charge < -0.3 is 25.6 Å². The van der Waals surface area contributed by atoms with Crippen molar-refractivity contribution in [1.82, 2.24) is 5.32 Å². The Kier molecular flexibility index (Phi) is 6.12. The van der Waals surface area contributed by atoms with Gasteiger partial charge in [0.05, 0.1) is 23.3 Å². The number of carbonyl (C=O) groups excluding carboxylic acids is 1. The van der Waals surface area contributed by atoms with Crippen molar-refractivity contribution in [3.8, 4) is 5.75 Å². The van der Waals surface area contributed by atoms with E-state index in [-0.39, 0.29) is 15.9 Å². The Bertz CT molecular complexity index is 580. The monoisotopic (exact) mass is 378 g/mol. The highest BCUT2D eigenvalue weighted by molar-refractivity contribution is 9.10. The van der Waals surface area contributed by atoms with Crippen molar-refractivity contribution in [3.05, 3.63) is 22.4 Å². The first kappa shape index (κ1) is 18.2. The molecular weight excluding hydrogens is 363 g/mol. The van der Waals surface area contributed by atoms with Gasteiger partial charge in [0.25, 0.3) is 0 Å². The van der Waals surface area contributed by atoms with Gasteiger partial charge in [-0.25, -0.2) is 14.0 Å². The van der Waals surface area contributed by atoms with Crippen LogP contribution in [-0.2, 0) is 4.79 Å². The molecule has 4 N–H and O–H groups in total. The van der Waals surface area contributed by atoms with Gasteiger partial charge in [-0.3, -0.25) is 0 Å². The third-order valence-electron chi connectivity index (χ3n) is 2.62. The van der Waals surface area contributed by atoms with Crippen LogP contribution >= 0.6 is 15.9 Å². The first-order valence-corrected chi connectivity index (χ1v) is 7.09. The third kappa shape index (κ3) is 4.85. The van der Waals surface area contributed by atoms with Crippen LogP contribution in [0.2, 0.25) is 0 Å². The summed E-state index contributed by atoms with van der Waals surface area (Å²) in [6.45, 7) is 2.56. The van der Waals surface area contributed by atoms with Crippen LogP contribution < -0.4 is 15.4 Å². The maximum atomic E-state index is 13.5. The number of rotatable bonds is 6. The fourth-order valence-electron chi connectivity index (χ4n) is 1.40. The molecule has 0 bridgehead atoms. The number of urea groups is 1. The average molecular weight is 379 g/mol. The summed E-state index contributed by atoms with van der Waals surface area (Å²) in [5.74, 6) is -1.83. The van der Waals surface area contributed by atoms with Gasteiger partial charge in [0.2, 0.25) is 0 Å². The second kappa shape index (κ2) is 7.41. The quantitative estimate of drug-likeness (QED) is 0.604. The lowest BCUT2D eigenvalue weighted by atomic mass is 10.1. The van der Waals surface area contributed by atoms with Gasteiger partial charge in [-0.15, -0.1) is 0 Å². The molecule has 0 aliphatic rings. The molecule has 9 heteroatoms. The number of carbonyl (C=O) groups is 2. The first-order valence-electron chi connectivity index (χ1n) is 6.30. The lowest BCUT2D eigenvalue weighted by molar-refractivity contribution is -0.155. The molecule has 0 radical (unpaired) electrons. The second-order valence-electron chi connectivity index (χ2n) is 4.58. The Hall–Kier alpha value is -1.87. The lowest BCUT2D eigenvalue weighted by Crippen LogP contribution is -2.47. The van der Waals surface area contributed by atoms with Gasteiger partial charge >= 0.3 is 12.0 Å². The molecular formula is C13H16BrFN2O5. The number of nitrogens with one attached hydrogen (secondary N) is 2. The number of hydrogen-bond donors (Lipinski definition) is 4. The zero-order chi connectivity index (χ0) is 16.9. The van der Waals surface area contributed by atoms with Crippen LogP contribution in [0.4, 0.5) is 14.9 Å². The number of hydrogen-bond acceptors (Lipinski definition) is 4. The highest BCUT2D eigenvalue weighted by atomic mass is 79.9. The Labute approximate surface area is 134 Å². The number of aliphatic hydroxyl groups is 1. The summed E-state index contributed by atoms with van der Waals surface area (Å²) in [5.41, 5.74) is -2.03. The first-order chi connectivity index (χ1) is 10.2. The smallest absolute Gasteiger partial charge is 0.337 e. The van der Waals surface area contributed by atoms with Crippen LogP contribution in [0.15, 0.2) is 16.6 Å². The van der Waals surface area contributed by atoms with Crippen LogP contribution in [-0.4, -0.2) is 41.0 Å². The van der Waals surface area contributed by atoms with Crippen LogP contribution in [0.1, 0.15) is 13.8 Å². The van der Waals surface area contributed by atoms with Gasteiger partial charge in [-0.05, 0) is 35.8 Å². The van der Waals surface area contributed by atoms with E-state index in [0.29, 0.717) is 6.61 Å². The zero-order valence-corrected chi connectivity index (χ0v) is 13.5. The van der Waals surface area contributed by atoms with Gasteiger partial charge in [0, 0.05) is 6.07 Å².